The molecule has 8 heteroatoms. The smallest absolute Gasteiger partial charge is 0.237 e. The van der Waals surface area contributed by atoms with Crippen molar-refractivity contribution in [2.24, 2.45) is 17.1 Å². The molecule has 204 valence electrons. The molecule has 1 saturated heterocycles. The molecule has 2 aromatic rings. The summed E-state index contributed by atoms with van der Waals surface area (Å²) >= 11 is 12.6. The van der Waals surface area contributed by atoms with E-state index >= 15 is 4.39 Å². The van der Waals surface area contributed by atoms with Crippen LogP contribution in [0.25, 0.3) is 0 Å². The molecule has 2 aliphatic heterocycles. The average Bonchev–Trinajstić information content (AvgIpc) is 3.30. The second kappa shape index (κ2) is 10.2. The molecule has 5 nitrogen and oxygen atoms in total. The van der Waals surface area contributed by atoms with Crippen LogP contribution < -0.4 is 16.4 Å². The van der Waals surface area contributed by atoms with E-state index in [1.807, 2.05) is 18.2 Å². The van der Waals surface area contributed by atoms with Gasteiger partial charge in [-0.2, -0.15) is 0 Å². The van der Waals surface area contributed by atoms with Crippen molar-refractivity contribution in [3.63, 3.8) is 0 Å². The molecule has 2 fully saturated rings. The van der Waals surface area contributed by atoms with Crippen molar-refractivity contribution in [3.8, 4) is 0 Å². The number of carbonyl (C=O) groups is 2. The zero-order chi connectivity index (χ0) is 27.4. The maximum absolute atomic E-state index is 15.0. The first kappa shape index (κ1) is 27.6. The third-order valence-electron chi connectivity index (χ3n) is 8.64. The lowest BCUT2D eigenvalue weighted by Crippen LogP contribution is -2.49. The summed E-state index contributed by atoms with van der Waals surface area (Å²) < 4.78 is 15.0. The van der Waals surface area contributed by atoms with Gasteiger partial charge in [-0.3, -0.25) is 9.59 Å². The van der Waals surface area contributed by atoms with Crippen LogP contribution in [0.2, 0.25) is 10.0 Å². The van der Waals surface area contributed by atoms with Crippen LogP contribution in [-0.4, -0.2) is 29.8 Å². The highest BCUT2D eigenvalue weighted by Crippen LogP contribution is 2.57. The Morgan fingerprint density at radius 2 is 1.84 bits per heavy atom. The van der Waals surface area contributed by atoms with Gasteiger partial charge >= 0.3 is 0 Å². The van der Waals surface area contributed by atoms with Crippen LogP contribution in [0, 0.1) is 17.2 Å². The number of nitrogens with two attached hydrogens (primary N) is 1. The molecule has 5 rings (SSSR count). The quantitative estimate of drug-likeness (QED) is 0.398. The summed E-state index contributed by atoms with van der Waals surface area (Å²) in [7, 11) is 0. The van der Waals surface area contributed by atoms with Crippen LogP contribution in [0.4, 0.5) is 10.1 Å². The SMILES string of the molecule is CC(C)(C)C[C@H]1N[C@@H](C(=O)CC2CCC(N)CC2)[C@H](c2cccc(Cl)c2)[C@@]12C(=O)Nc1cc(Cl)c(F)cc12. The first-order valence-corrected chi connectivity index (χ1v) is 14.3. The van der Waals surface area contributed by atoms with Gasteiger partial charge in [0, 0.05) is 35.1 Å². The lowest BCUT2D eigenvalue weighted by atomic mass is 9.62. The van der Waals surface area contributed by atoms with Gasteiger partial charge in [0.25, 0.3) is 0 Å². The highest BCUT2D eigenvalue weighted by molar-refractivity contribution is 6.31. The van der Waals surface area contributed by atoms with Crippen molar-refractivity contribution in [2.45, 2.75) is 88.8 Å². The molecule has 1 spiro atoms. The van der Waals surface area contributed by atoms with Crippen molar-refractivity contribution in [3.05, 3.63) is 63.4 Å². The van der Waals surface area contributed by atoms with Gasteiger partial charge in [0.2, 0.25) is 5.91 Å². The number of hydrogen-bond acceptors (Lipinski definition) is 4. The van der Waals surface area contributed by atoms with Gasteiger partial charge in [0.05, 0.1) is 11.1 Å². The molecule has 0 unspecified atom stereocenters. The van der Waals surface area contributed by atoms with Gasteiger partial charge in [-0.15, -0.1) is 0 Å². The Kier molecular flexibility index (Phi) is 7.40. The highest BCUT2D eigenvalue weighted by Gasteiger charge is 2.65. The van der Waals surface area contributed by atoms with Crippen LogP contribution in [-0.2, 0) is 15.0 Å². The molecule has 0 aromatic heterocycles. The minimum Gasteiger partial charge on any atom is -0.328 e. The van der Waals surface area contributed by atoms with Crippen molar-refractivity contribution in [1.82, 2.24) is 5.32 Å². The summed E-state index contributed by atoms with van der Waals surface area (Å²) in [5.74, 6) is -1.08. The third kappa shape index (κ3) is 4.90. The van der Waals surface area contributed by atoms with Gasteiger partial charge < -0.3 is 16.4 Å². The Morgan fingerprint density at radius 1 is 1.13 bits per heavy atom. The van der Waals surface area contributed by atoms with E-state index < -0.39 is 29.2 Å². The van der Waals surface area contributed by atoms with E-state index in [1.165, 1.54) is 12.1 Å². The molecule has 38 heavy (non-hydrogen) atoms. The van der Waals surface area contributed by atoms with Crippen LogP contribution >= 0.6 is 23.2 Å². The summed E-state index contributed by atoms with van der Waals surface area (Å²) in [5, 5.41) is 7.07. The van der Waals surface area contributed by atoms with E-state index in [0.717, 1.165) is 31.2 Å². The fourth-order valence-corrected chi connectivity index (χ4v) is 7.35. The fraction of sp³-hybridized carbons (Fsp3) is 0.533. The number of benzene rings is 2. The first-order chi connectivity index (χ1) is 17.9. The van der Waals surface area contributed by atoms with E-state index in [2.05, 4.69) is 31.4 Å². The van der Waals surface area contributed by atoms with Crippen molar-refractivity contribution in [2.75, 3.05) is 5.32 Å². The number of nitrogens with one attached hydrogen (secondary N) is 2. The lowest BCUT2D eigenvalue weighted by Gasteiger charge is -2.37. The fourth-order valence-electron chi connectivity index (χ4n) is 6.99. The highest BCUT2D eigenvalue weighted by atomic mass is 35.5. The number of anilines is 1. The van der Waals surface area contributed by atoms with Gasteiger partial charge in [-0.25, -0.2) is 4.39 Å². The molecule has 1 saturated carbocycles. The molecule has 0 radical (unpaired) electrons. The first-order valence-electron chi connectivity index (χ1n) is 13.5. The number of carbonyl (C=O) groups excluding carboxylic acids is 2. The van der Waals surface area contributed by atoms with Gasteiger partial charge in [-0.1, -0.05) is 56.1 Å². The number of rotatable bonds is 5. The van der Waals surface area contributed by atoms with Crippen LogP contribution in [0.1, 0.15) is 76.3 Å². The van der Waals surface area contributed by atoms with Gasteiger partial charge in [0.15, 0.2) is 5.78 Å². The van der Waals surface area contributed by atoms with E-state index in [1.54, 1.807) is 6.07 Å². The normalized spacial score (nSPS) is 30.9. The predicted molar refractivity (Wildman–Crippen MR) is 150 cm³/mol. The molecule has 4 N–H and O–H groups in total. The number of amides is 1. The van der Waals surface area contributed by atoms with Crippen LogP contribution in [0.15, 0.2) is 36.4 Å². The molecule has 3 aliphatic rings. The minimum absolute atomic E-state index is 0.0538. The molecule has 1 aliphatic carbocycles. The number of halogens is 3. The summed E-state index contributed by atoms with van der Waals surface area (Å²) in [5.41, 5.74) is 6.53. The third-order valence-corrected chi connectivity index (χ3v) is 9.16. The molecule has 4 atom stereocenters. The topological polar surface area (TPSA) is 84.2 Å². The van der Waals surface area contributed by atoms with Crippen LogP contribution in [0.5, 0.6) is 0 Å². The maximum atomic E-state index is 15.0. The minimum atomic E-state index is -1.21. The maximum Gasteiger partial charge on any atom is 0.237 e. The molecule has 1 amide bonds. The van der Waals surface area contributed by atoms with Crippen molar-refractivity contribution in [1.29, 1.82) is 0 Å². The molecular formula is C30H36Cl2FN3O2. The standard InChI is InChI=1S/C30H36Cl2FN3O2/c1-29(2,3)15-25-30(20-13-22(33)21(32)14-23(20)35-28(30)38)26(17-5-4-6-18(31)12-17)27(36-25)24(37)11-16-7-9-19(34)10-8-16/h4-6,12-14,16,19,25-27,36H,7-11,15,34H2,1-3H3,(H,35,38)/t16?,19?,25-,26+,27+,30+/m1/s1. The van der Waals surface area contributed by atoms with Crippen LogP contribution in [0.3, 0.4) is 0 Å². The van der Waals surface area contributed by atoms with E-state index in [0.29, 0.717) is 29.1 Å². The Balaban J connectivity index is 1.66. The number of ketones is 1. The van der Waals surface area contributed by atoms with Gasteiger partial charge in [0.1, 0.15) is 11.2 Å². The molecule has 2 aromatic carbocycles. The average molecular weight is 561 g/mol. The summed E-state index contributed by atoms with van der Waals surface area (Å²) in [4.78, 5) is 28.3. The number of Topliss-reactive ketones (excluding diaryl/α,β-unsaturated/α-hetero) is 1. The summed E-state index contributed by atoms with van der Waals surface area (Å²) in [6, 6.07) is 9.35. The zero-order valence-electron chi connectivity index (χ0n) is 22.1. The number of hydrogen-bond donors (Lipinski definition) is 3. The summed E-state index contributed by atoms with van der Waals surface area (Å²) in [6.45, 7) is 6.31. The zero-order valence-corrected chi connectivity index (χ0v) is 23.6. The van der Waals surface area contributed by atoms with E-state index in [9.17, 15) is 9.59 Å². The largest absolute Gasteiger partial charge is 0.328 e. The molecule has 0 bridgehead atoms. The second-order valence-electron chi connectivity index (χ2n) is 12.6. The Morgan fingerprint density at radius 3 is 2.50 bits per heavy atom. The molecular weight excluding hydrogens is 524 g/mol. The van der Waals surface area contributed by atoms with Gasteiger partial charge in [-0.05, 0) is 78.8 Å². The monoisotopic (exact) mass is 559 g/mol. The lowest BCUT2D eigenvalue weighted by molar-refractivity contribution is -0.123. The van der Waals surface area contributed by atoms with Crippen molar-refractivity contribution < 1.29 is 14.0 Å². The van der Waals surface area contributed by atoms with Crippen molar-refractivity contribution >= 4 is 40.6 Å². The summed E-state index contributed by atoms with van der Waals surface area (Å²) in [6.07, 6.45) is 4.70. The Hall–Kier alpha value is -1.99. The van der Waals surface area contributed by atoms with E-state index in [-0.39, 0.29) is 34.1 Å². The number of fused-ring (bicyclic) bond motifs is 2. The van der Waals surface area contributed by atoms with E-state index in [4.69, 9.17) is 28.9 Å². The predicted octanol–water partition coefficient (Wildman–Crippen LogP) is 6.36. The Bertz CT molecular complexity index is 1250. The Labute approximate surface area is 234 Å². The second-order valence-corrected chi connectivity index (χ2v) is 13.4. The molecule has 2 heterocycles.